The summed E-state index contributed by atoms with van der Waals surface area (Å²) in [6.45, 7) is 2.06. The van der Waals surface area contributed by atoms with Crippen molar-refractivity contribution in [1.29, 1.82) is 0 Å². The molecule has 5 aromatic rings. The molecule has 5 nitrogen and oxygen atoms in total. The Bertz CT molecular complexity index is 1450. The molecule has 2 heterocycles. The Balaban J connectivity index is 1.74. The fraction of sp³-hybridized carbons (Fsp3) is 0.120. The molecule has 0 amide bonds. The summed E-state index contributed by atoms with van der Waals surface area (Å²) in [4.78, 5) is 9.58. The predicted octanol–water partition coefficient (Wildman–Crippen LogP) is 6.27. The van der Waals surface area contributed by atoms with Gasteiger partial charge in [0.1, 0.15) is 11.3 Å². The van der Waals surface area contributed by atoms with Gasteiger partial charge in [-0.05, 0) is 49.4 Å². The maximum Gasteiger partial charge on any atom is 0.210 e. The molecule has 154 valence electrons. The normalized spacial score (nSPS) is 11.9. The Hall–Kier alpha value is -3.64. The Morgan fingerprint density at radius 3 is 2.55 bits per heavy atom. The van der Waals surface area contributed by atoms with Crippen molar-refractivity contribution in [1.82, 2.24) is 4.98 Å². The van der Waals surface area contributed by atoms with Gasteiger partial charge in [-0.25, -0.2) is 9.98 Å². The quantitative estimate of drug-likeness (QED) is 0.339. The van der Waals surface area contributed by atoms with Gasteiger partial charge in [-0.15, -0.1) is 0 Å². The maximum absolute atomic E-state index is 6.24. The number of hydrogen-bond acceptors (Lipinski definition) is 6. The minimum absolute atomic E-state index is 0.642. The number of methoxy groups -OCH3 is 2. The molecule has 0 aliphatic carbocycles. The summed E-state index contributed by atoms with van der Waals surface area (Å²) in [5.74, 6) is 2.00. The summed E-state index contributed by atoms with van der Waals surface area (Å²) in [7, 11) is 3.24. The second-order valence-corrected chi connectivity index (χ2v) is 8.15. The van der Waals surface area contributed by atoms with Gasteiger partial charge in [-0.1, -0.05) is 35.1 Å². The van der Waals surface area contributed by atoms with Crippen LogP contribution in [-0.4, -0.2) is 19.2 Å². The Morgan fingerprint density at radius 1 is 0.903 bits per heavy atom. The van der Waals surface area contributed by atoms with E-state index in [2.05, 4.69) is 24.0 Å². The van der Waals surface area contributed by atoms with Gasteiger partial charge in [0.25, 0.3) is 0 Å². The third-order valence-corrected chi connectivity index (χ3v) is 6.00. The highest BCUT2D eigenvalue weighted by Crippen LogP contribution is 2.33. The second-order valence-electron chi connectivity index (χ2n) is 7.14. The SMILES string of the molecule is COc1ccc(-c2cc(=Nc3nc4ccccc4s3)c3cc(C)ccc3o2)cc1OC. The molecule has 0 aliphatic heterocycles. The van der Waals surface area contributed by atoms with E-state index in [1.165, 1.54) is 0 Å². The largest absolute Gasteiger partial charge is 0.493 e. The van der Waals surface area contributed by atoms with Gasteiger partial charge >= 0.3 is 0 Å². The highest BCUT2D eigenvalue weighted by Gasteiger charge is 2.11. The lowest BCUT2D eigenvalue weighted by Gasteiger charge is -2.10. The fourth-order valence-corrected chi connectivity index (χ4v) is 4.37. The van der Waals surface area contributed by atoms with E-state index in [1.807, 2.05) is 54.6 Å². The Labute approximate surface area is 183 Å². The first-order valence-electron chi connectivity index (χ1n) is 9.82. The zero-order chi connectivity index (χ0) is 21.4. The number of ether oxygens (including phenoxy) is 2. The minimum Gasteiger partial charge on any atom is -0.493 e. The van der Waals surface area contributed by atoms with Gasteiger partial charge < -0.3 is 13.9 Å². The van der Waals surface area contributed by atoms with Crippen molar-refractivity contribution in [3.05, 3.63) is 77.7 Å². The van der Waals surface area contributed by atoms with E-state index in [9.17, 15) is 0 Å². The number of aryl methyl sites for hydroxylation is 1. The van der Waals surface area contributed by atoms with E-state index >= 15 is 0 Å². The summed E-state index contributed by atoms with van der Waals surface area (Å²) in [6, 6.07) is 21.8. The number of aromatic nitrogens is 1. The predicted molar refractivity (Wildman–Crippen MR) is 124 cm³/mol. The van der Waals surface area contributed by atoms with Gasteiger partial charge in [0, 0.05) is 17.0 Å². The molecule has 3 aromatic carbocycles. The van der Waals surface area contributed by atoms with Gasteiger partial charge in [-0.2, -0.15) is 0 Å². The topological polar surface area (TPSA) is 56.9 Å². The van der Waals surface area contributed by atoms with E-state index in [1.54, 1.807) is 25.6 Å². The number of nitrogens with zero attached hydrogens (tertiary/aromatic N) is 2. The molecule has 0 unspecified atom stereocenters. The van der Waals surface area contributed by atoms with Crippen molar-refractivity contribution in [3.8, 4) is 22.8 Å². The molecule has 0 saturated heterocycles. The lowest BCUT2D eigenvalue weighted by Crippen LogP contribution is -2.03. The molecule has 5 rings (SSSR count). The molecule has 0 saturated carbocycles. The number of fused-ring (bicyclic) bond motifs is 2. The molecule has 6 heteroatoms. The molecule has 0 fully saturated rings. The molecule has 0 atom stereocenters. The molecule has 0 bridgehead atoms. The van der Waals surface area contributed by atoms with Crippen LogP contribution in [0.1, 0.15) is 5.56 Å². The van der Waals surface area contributed by atoms with Crippen LogP contribution in [0.15, 0.2) is 76.1 Å². The summed E-state index contributed by atoms with van der Waals surface area (Å²) < 4.78 is 18.2. The van der Waals surface area contributed by atoms with Crippen LogP contribution in [-0.2, 0) is 0 Å². The van der Waals surface area contributed by atoms with Gasteiger partial charge in [0.2, 0.25) is 5.13 Å². The first-order chi connectivity index (χ1) is 15.1. The zero-order valence-corrected chi connectivity index (χ0v) is 18.2. The number of thiazole rings is 1. The van der Waals surface area contributed by atoms with Crippen molar-refractivity contribution in [3.63, 3.8) is 0 Å². The van der Waals surface area contributed by atoms with Crippen molar-refractivity contribution in [2.24, 2.45) is 4.99 Å². The molecule has 0 radical (unpaired) electrons. The van der Waals surface area contributed by atoms with Crippen LogP contribution in [0.2, 0.25) is 0 Å². The monoisotopic (exact) mass is 428 g/mol. The summed E-state index contributed by atoms with van der Waals surface area (Å²) in [5, 5.41) is 2.48. The van der Waals surface area contributed by atoms with Crippen molar-refractivity contribution >= 4 is 37.7 Å². The van der Waals surface area contributed by atoms with E-state index in [-0.39, 0.29) is 0 Å². The number of para-hydroxylation sites is 1. The van der Waals surface area contributed by atoms with Gasteiger partial charge in [0.15, 0.2) is 11.5 Å². The van der Waals surface area contributed by atoms with Crippen LogP contribution in [0.3, 0.4) is 0 Å². The second kappa shape index (κ2) is 7.89. The van der Waals surface area contributed by atoms with Crippen molar-refractivity contribution in [2.45, 2.75) is 6.92 Å². The van der Waals surface area contributed by atoms with Crippen LogP contribution in [0, 0.1) is 6.92 Å². The first-order valence-corrected chi connectivity index (χ1v) is 10.6. The lowest BCUT2D eigenvalue weighted by molar-refractivity contribution is 0.355. The van der Waals surface area contributed by atoms with Gasteiger partial charge in [-0.3, -0.25) is 0 Å². The van der Waals surface area contributed by atoms with E-state index in [0.717, 1.165) is 37.7 Å². The van der Waals surface area contributed by atoms with Crippen molar-refractivity contribution in [2.75, 3.05) is 14.2 Å². The van der Waals surface area contributed by atoms with E-state index in [4.69, 9.17) is 18.9 Å². The Kier molecular flexibility index (Phi) is 4.92. The minimum atomic E-state index is 0.642. The highest BCUT2D eigenvalue weighted by molar-refractivity contribution is 7.21. The van der Waals surface area contributed by atoms with Crippen LogP contribution in [0.4, 0.5) is 5.13 Å². The van der Waals surface area contributed by atoms with Crippen molar-refractivity contribution < 1.29 is 13.9 Å². The maximum atomic E-state index is 6.24. The number of rotatable bonds is 4. The van der Waals surface area contributed by atoms with E-state index < -0.39 is 0 Å². The van der Waals surface area contributed by atoms with E-state index in [0.29, 0.717) is 22.4 Å². The summed E-state index contributed by atoms with van der Waals surface area (Å²) in [5.41, 5.74) is 3.73. The molecule has 2 aromatic heterocycles. The summed E-state index contributed by atoms with van der Waals surface area (Å²) in [6.07, 6.45) is 0. The number of benzene rings is 3. The standard InChI is InChI=1S/C25H20N2O3S/c1-15-8-10-20-17(12-15)19(27-25-26-18-6-4-5-7-24(18)31-25)14-22(30-20)16-9-11-21(28-2)23(13-16)29-3/h4-14H,1-3H3. The first kappa shape index (κ1) is 19.3. The third-order valence-electron chi connectivity index (χ3n) is 5.07. The van der Waals surface area contributed by atoms with Crippen LogP contribution in [0.5, 0.6) is 11.5 Å². The molecular formula is C25H20N2O3S. The molecule has 0 N–H and O–H groups in total. The average Bonchev–Trinajstić information content (AvgIpc) is 3.21. The van der Waals surface area contributed by atoms with Crippen LogP contribution < -0.4 is 14.8 Å². The van der Waals surface area contributed by atoms with Crippen LogP contribution in [0.25, 0.3) is 32.5 Å². The highest BCUT2D eigenvalue weighted by atomic mass is 32.1. The Morgan fingerprint density at radius 2 is 1.74 bits per heavy atom. The molecular weight excluding hydrogens is 408 g/mol. The third kappa shape index (κ3) is 3.66. The smallest absolute Gasteiger partial charge is 0.210 e. The van der Waals surface area contributed by atoms with Gasteiger partial charge in [0.05, 0.1) is 29.8 Å². The molecule has 31 heavy (non-hydrogen) atoms. The fourth-order valence-electron chi connectivity index (χ4n) is 3.52. The van der Waals surface area contributed by atoms with Crippen LogP contribution >= 0.6 is 11.3 Å². The number of hydrogen-bond donors (Lipinski definition) is 0. The zero-order valence-electron chi connectivity index (χ0n) is 17.4. The molecule has 0 aliphatic rings. The lowest BCUT2D eigenvalue weighted by atomic mass is 10.1. The average molecular weight is 429 g/mol. The summed E-state index contributed by atoms with van der Waals surface area (Å²) >= 11 is 1.57. The molecule has 0 spiro atoms.